The number of Topliss-reactive ketones (excluding diaryl/α,β-unsaturated/α-hetero) is 1. The van der Waals surface area contributed by atoms with E-state index in [0.717, 1.165) is 11.3 Å². The third-order valence-electron chi connectivity index (χ3n) is 2.11. The minimum atomic E-state index is -0.351. The molecule has 2 aromatic rings. The highest BCUT2D eigenvalue weighted by molar-refractivity contribution is 7.13. The van der Waals surface area contributed by atoms with Crippen molar-refractivity contribution < 1.29 is 9.18 Å². The Morgan fingerprint density at radius 2 is 1.94 bits per heavy atom. The van der Waals surface area contributed by atoms with Crippen molar-refractivity contribution in [1.29, 1.82) is 0 Å². The predicted molar refractivity (Wildman–Crippen MR) is 60.3 cm³/mol. The minimum Gasteiger partial charge on any atom is -0.309 e. The van der Waals surface area contributed by atoms with E-state index in [1.54, 1.807) is 12.1 Å². The first kappa shape index (κ1) is 10.8. The van der Waals surface area contributed by atoms with E-state index in [4.69, 9.17) is 0 Å². The molecule has 1 heterocycles. The third kappa shape index (κ3) is 1.94. The van der Waals surface area contributed by atoms with E-state index >= 15 is 0 Å². The second kappa shape index (κ2) is 4.02. The Morgan fingerprint density at radius 1 is 1.31 bits per heavy atom. The number of H-pyrrole nitrogens is 1. The molecule has 82 valence electrons. The average molecular weight is 237 g/mol. The molecule has 0 saturated carbocycles. The van der Waals surface area contributed by atoms with Gasteiger partial charge in [0.15, 0.2) is 5.78 Å². The maximum atomic E-state index is 12.7. The number of rotatable bonds is 2. The van der Waals surface area contributed by atoms with Crippen LogP contribution in [0.1, 0.15) is 17.4 Å². The van der Waals surface area contributed by atoms with Gasteiger partial charge in [0.1, 0.15) is 11.5 Å². The summed E-state index contributed by atoms with van der Waals surface area (Å²) in [6, 6.07) is 5.68. The lowest BCUT2D eigenvalue weighted by Crippen LogP contribution is -1.99. The van der Waals surface area contributed by atoms with Crippen LogP contribution in [0, 0.1) is 5.82 Å². The number of hydrogen-bond donors (Lipinski definition) is 1. The van der Waals surface area contributed by atoms with Gasteiger partial charge < -0.3 is 4.98 Å². The first-order valence-electron chi connectivity index (χ1n) is 4.58. The zero-order valence-corrected chi connectivity index (χ0v) is 9.23. The number of carbonyl (C=O) groups excluding carboxylic acids is 1. The van der Waals surface area contributed by atoms with Gasteiger partial charge in [-0.15, -0.1) is 0 Å². The van der Waals surface area contributed by atoms with E-state index in [-0.39, 0.29) is 22.2 Å². The topological polar surface area (TPSA) is 49.9 Å². The Bertz CT molecular complexity index is 583. The van der Waals surface area contributed by atoms with Gasteiger partial charge in [0.05, 0.1) is 4.88 Å². The zero-order valence-electron chi connectivity index (χ0n) is 8.41. The normalized spacial score (nSPS) is 10.4. The lowest BCUT2D eigenvalue weighted by molar-refractivity contribution is 0.101. The van der Waals surface area contributed by atoms with Crippen LogP contribution in [-0.4, -0.2) is 10.8 Å². The lowest BCUT2D eigenvalue weighted by Gasteiger charge is -1.99. The fraction of sp³-hybridized carbons (Fsp3) is 0.0909. The van der Waals surface area contributed by atoms with E-state index < -0.39 is 0 Å². The van der Waals surface area contributed by atoms with Crippen molar-refractivity contribution >= 4 is 17.1 Å². The number of carbonyl (C=O) groups is 1. The van der Waals surface area contributed by atoms with Crippen LogP contribution in [0.25, 0.3) is 10.4 Å². The standard InChI is InChI=1S/C11H8FNO2S/c1-6(14)9-10(16-11(15)13-9)7-2-4-8(12)5-3-7/h2-5H,1H3,(H,13,15). The van der Waals surface area contributed by atoms with Gasteiger partial charge in [-0.05, 0) is 17.7 Å². The molecule has 0 aliphatic heterocycles. The molecule has 0 atom stereocenters. The van der Waals surface area contributed by atoms with E-state index in [9.17, 15) is 14.0 Å². The lowest BCUT2D eigenvalue weighted by atomic mass is 10.1. The molecule has 0 unspecified atom stereocenters. The molecule has 0 bridgehead atoms. The van der Waals surface area contributed by atoms with Crippen molar-refractivity contribution in [3.63, 3.8) is 0 Å². The molecule has 2 rings (SSSR count). The van der Waals surface area contributed by atoms with Crippen LogP contribution in [0.3, 0.4) is 0 Å². The highest BCUT2D eigenvalue weighted by Crippen LogP contribution is 2.25. The maximum absolute atomic E-state index is 12.7. The monoisotopic (exact) mass is 237 g/mol. The van der Waals surface area contributed by atoms with Gasteiger partial charge in [-0.1, -0.05) is 23.5 Å². The minimum absolute atomic E-state index is 0.210. The number of aromatic nitrogens is 1. The SMILES string of the molecule is CC(=O)c1[nH]c(=O)sc1-c1ccc(F)cc1. The van der Waals surface area contributed by atoms with Crippen LogP contribution < -0.4 is 4.87 Å². The Labute approximate surface area is 94.6 Å². The molecule has 5 heteroatoms. The van der Waals surface area contributed by atoms with Gasteiger partial charge in [-0.2, -0.15) is 0 Å². The van der Waals surface area contributed by atoms with Gasteiger partial charge >= 0.3 is 4.87 Å². The maximum Gasteiger partial charge on any atom is 0.305 e. The average Bonchev–Trinajstić information content (AvgIpc) is 2.61. The Hall–Kier alpha value is -1.75. The van der Waals surface area contributed by atoms with Crippen molar-refractivity contribution in [1.82, 2.24) is 4.98 Å². The number of ketones is 1. The van der Waals surface area contributed by atoms with Crippen LogP contribution in [-0.2, 0) is 0 Å². The molecule has 0 amide bonds. The number of thiazole rings is 1. The summed E-state index contributed by atoms with van der Waals surface area (Å²) in [5, 5.41) is 0. The Morgan fingerprint density at radius 3 is 2.50 bits per heavy atom. The fourth-order valence-electron chi connectivity index (χ4n) is 1.38. The van der Waals surface area contributed by atoms with E-state index in [0.29, 0.717) is 10.4 Å². The molecule has 3 nitrogen and oxygen atoms in total. The molecule has 1 N–H and O–H groups in total. The van der Waals surface area contributed by atoms with Crippen LogP contribution >= 0.6 is 11.3 Å². The Balaban J connectivity index is 2.59. The predicted octanol–water partition coefficient (Wildman–Crippen LogP) is 2.45. The third-order valence-corrected chi connectivity index (χ3v) is 3.04. The van der Waals surface area contributed by atoms with E-state index in [1.165, 1.54) is 19.1 Å². The number of hydrogen-bond acceptors (Lipinski definition) is 3. The van der Waals surface area contributed by atoms with Gasteiger partial charge in [-0.3, -0.25) is 9.59 Å². The molecule has 0 saturated heterocycles. The molecule has 16 heavy (non-hydrogen) atoms. The van der Waals surface area contributed by atoms with Crippen LogP contribution in [0.5, 0.6) is 0 Å². The van der Waals surface area contributed by atoms with Crippen molar-refractivity contribution in [3.8, 4) is 10.4 Å². The second-order valence-corrected chi connectivity index (χ2v) is 4.26. The summed E-state index contributed by atoms with van der Waals surface area (Å²) in [6.45, 7) is 1.38. The highest BCUT2D eigenvalue weighted by Gasteiger charge is 2.13. The van der Waals surface area contributed by atoms with Crippen molar-refractivity contribution in [2.24, 2.45) is 0 Å². The molecule has 1 aromatic heterocycles. The zero-order chi connectivity index (χ0) is 11.7. The molecule has 0 spiro atoms. The summed E-state index contributed by atoms with van der Waals surface area (Å²) >= 11 is 0.947. The van der Waals surface area contributed by atoms with E-state index in [2.05, 4.69) is 4.98 Å². The van der Waals surface area contributed by atoms with Crippen LogP contribution in [0.4, 0.5) is 4.39 Å². The fourth-order valence-corrected chi connectivity index (χ4v) is 2.27. The number of benzene rings is 1. The first-order valence-corrected chi connectivity index (χ1v) is 5.39. The largest absolute Gasteiger partial charge is 0.309 e. The van der Waals surface area contributed by atoms with Crippen molar-refractivity contribution in [2.75, 3.05) is 0 Å². The quantitative estimate of drug-likeness (QED) is 0.815. The smallest absolute Gasteiger partial charge is 0.305 e. The second-order valence-electron chi connectivity index (χ2n) is 3.28. The van der Waals surface area contributed by atoms with Gasteiger partial charge in [0.2, 0.25) is 0 Å². The van der Waals surface area contributed by atoms with Gasteiger partial charge in [0, 0.05) is 6.92 Å². The molecule has 0 radical (unpaired) electrons. The number of halogens is 1. The van der Waals surface area contributed by atoms with Crippen molar-refractivity contribution in [3.05, 3.63) is 45.4 Å². The molecule has 0 fully saturated rings. The summed E-state index contributed by atoms with van der Waals surface area (Å²) in [5.74, 6) is -0.561. The molecular weight excluding hydrogens is 229 g/mol. The summed E-state index contributed by atoms with van der Waals surface area (Å²) in [7, 11) is 0. The Kier molecular flexibility index (Phi) is 2.70. The molecule has 1 aromatic carbocycles. The number of aromatic amines is 1. The molecule has 0 aliphatic carbocycles. The summed E-state index contributed by atoms with van der Waals surface area (Å²) in [6.07, 6.45) is 0. The molecule has 0 aliphatic rings. The molecular formula is C11H8FNO2S. The van der Waals surface area contributed by atoms with Crippen LogP contribution in [0.15, 0.2) is 29.1 Å². The van der Waals surface area contributed by atoms with Gasteiger partial charge in [-0.25, -0.2) is 4.39 Å². The summed E-state index contributed by atoms with van der Waals surface area (Å²) in [4.78, 5) is 25.2. The summed E-state index contributed by atoms with van der Waals surface area (Å²) in [5.41, 5.74) is 0.941. The van der Waals surface area contributed by atoms with E-state index in [1.807, 2.05) is 0 Å². The van der Waals surface area contributed by atoms with Gasteiger partial charge in [0.25, 0.3) is 0 Å². The first-order chi connectivity index (χ1) is 7.58. The highest BCUT2D eigenvalue weighted by atomic mass is 32.1. The summed E-state index contributed by atoms with van der Waals surface area (Å²) < 4.78 is 12.7. The number of nitrogens with one attached hydrogen (secondary N) is 1. The van der Waals surface area contributed by atoms with Crippen LogP contribution in [0.2, 0.25) is 0 Å². The van der Waals surface area contributed by atoms with Crippen molar-refractivity contribution in [2.45, 2.75) is 6.92 Å².